The summed E-state index contributed by atoms with van der Waals surface area (Å²) in [6.45, 7) is 3.18. The highest BCUT2D eigenvalue weighted by Crippen LogP contribution is 2.33. The average Bonchev–Trinajstić information content (AvgIpc) is 2.71. The minimum Gasteiger partial charge on any atom is -0.464 e. The first-order valence-electron chi connectivity index (χ1n) is 9.26. The van der Waals surface area contributed by atoms with Crippen molar-refractivity contribution in [2.24, 2.45) is 0 Å². The molecule has 0 saturated carbocycles. The summed E-state index contributed by atoms with van der Waals surface area (Å²) in [4.78, 5) is 18.1. The number of fused-ring (bicyclic) bond motifs is 1. The summed E-state index contributed by atoms with van der Waals surface area (Å²) < 4.78 is 0. The number of carboxylic acid groups (broad SMARTS) is 1. The molecule has 2 N–H and O–H groups in total. The zero-order valence-corrected chi connectivity index (χ0v) is 18.5. The van der Waals surface area contributed by atoms with Crippen molar-refractivity contribution in [2.75, 3.05) is 34.8 Å². The van der Waals surface area contributed by atoms with Crippen LogP contribution in [0.3, 0.4) is 0 Å². The van der Waals surface area contributed by atoms with Gasteiger partial charge in [0, 0.05) is 46.6 Å². The fraction of sp³-hybridized carbons (Fsp3) is 0.238. The van der Waals surface area contributed by atoms with E-state index in [2.05, 4.69) is 15.3 Å². The molecule has 0 fully saturated rings. The normalized spacial score (nSPS) is 10.8. The minimum absolute atomic E-state index is 0.482. The van der Waals surface area contributed by atoms with Crippen molar-refractivity contribution >= 4 is 68.9 Å². The largest absolute Gasteiger partial charge is 0.464 e. The topological polar surface area (TPSA) is 68.7 Å². The highest BCUT2D eigenvalue weighted by Gasteiger charge is 2.17. The Morgan fingerprint density at radius 3 is 2.27 bits per heavy atom. The molecule has 0 atom stereocenters. The van der Waals surface area contributed by atoms with E-state index in [1.165, 1.54) is 5.01 Å². The number of benzene rings is 2. The van der Waals surface area contributed by atoms with Crippen molar-refractivity contribution in [1.82, 2.24) is 10.4 Å². The zero-order valence-electron chi connectivity index (χ0n) is 16.3. The molecule has 158 valence electrons. The maximum atomic E-state index is 11.5. The Kier molecular flexibility index (Phi) is 7.48. The molecular weight excluding hydrogens is 447 g/mol. The molecule has 0 saturated heterocycles. The molecule has 1 heterocycles. The SMILES string of the molecule is Cc1cc(N(NC(=O)O)c2ccc(N(CCCl)CCCl)cc2)c2ccc(Cl)cc2n1. The Morgan fingerprint density at radius 2 is 1.67 bits per heavy atom. The van der Waals surface area contributed by atoms with Crippen LogP contribution in [0.15, 0.2) is 48.5 Å². The Morgan fingerprint density at radius 1 is 1.03 bits per heavy atom. The second-order valence-electron chi connectivity index (χ2n) is 6.58. The van der Waals surface area contributed by atoms with Gasteiger partial charge in [-0.2, -0.15) is 0 Å². The van der Waals surface area contributed by atoms with E-state index < -0.39 is 6.09 Å². The van der Waals surface area contributed by atoms with Crippen LogP contribution in [0.1, 0.15) is 5.69 Å². The van der Waals surface area contributed by atoms with Gasteiger partial charge in [-0.1, -0.05) is 11.6 Å². The fourth-order valence-corrected chi connectivity index (χ4v) is 3.82. The third-order valence-electron chi connectivity index (χ3n) is 4.51. The Bertz CT molecular complexity index is 1020. The predicted octanol–water partition coefficient (Wildman–Crippen LogP) is 5.80. The van der Waals surface area contributed by atoms with Crippen molar-refractivity contribution in [3.05, 3.63) is 59.2 Å². The van der Waals surface area contributed by atoms with Gasteiger partial charge in [-0.15, -0.1) is 23.2 Å². The molecule has 1 aromatic heterocycles. The van der Waals surface area contributed by atoms with Gasteiger partial charge >= 0.3 is 6.09 Å². The molecule has 6 nitrogen and oxygen atoms in total. The zero-order chi connectivity index (χ0) is 21.7. The maximum absolute atomic E-state index is 11.5. The number of hydrogen-bond acceptors (Lipinski definition) is 4. The van der Waals surface area contributed by atoms with E-state index in [0.29, 0.717) is 46.8 Å². The van der Waals surface area contributed by atoms with Crippen LogP contribution in [0.5, 0.6) is 0 Å². The second kappa shape index (κ2) is 10.1. The molecule has 1 amide bonds. The molecule has 9 heteroatoms. The first-order valence-corrected chi connectivity index (χ1v) is 10.7. The van der Waals surface area contributed by atoms with Gasteiger partial charge in [0.15, 0.2) is 0 Å². The minimum atomic E-state index is -1.18. The lowest BCUT2D eigenvalue weighted by Gasteiger charge is -2.27. The maximum Gasteiger partial charge on any atom is 0.423 e. The van der Waals surface area contributed by atoms with Gasteiger partial charge in [-0.25, -0.2) is 10.2 Å². The first kappa shape index (κ1) is 22.3. The van der Waals surface area contributed by atoms with Crippen molar-refractivity contribution in [2.45, 2.75) is 6.92 Å². The van der Waals surface area contributed by atoms with Crippen LogP contribution in [0, 0.1) is 6.92 Å². The quantitative estimate of drug-likeness (QED) is 0.323. The summed E-state index contributed by atoms with van der Waals surface area (Å²) >= 11 is 17.9. The molecule has 0 bridgehead atoms. The molecule has 0 radical (unpaired) electrons. The smallest absolute Gasteiger partial charge is 0.423 e. The van der Waals surface area contributed by atoms with Crippen molar-refractivity contribution in [3.63, 3.8) is 0 Å². The van der Waals surface area contributed by atoms with Gasteiger partial charge in [-0.3, -0.25) is 9.99 Å². The molecule has 0 unspecified atom stereocenters. The van der Waals surface area contributed by atoms with Gasteiger partial charge < -0.3 is 10.0 Å². The number of halogens is 3. The third kappa shape index (κ3) is 5.19. The predicted molar refractivity (Wildman–Crippen MR) is 125 cm³/mol. The highest BCUT2D eigenvalue weighted by molar-refractivity contribution is 6.31. The summed E-state index contributed by atoms with van der Waals surface area (Å²) in [7, 11) is 0. The standard InChI is InChI=1S/C21H21Cl3N4O2/c1-14-12-20(18-7-2-15(24)13-19(18)25-14)28(26-21(29)30)17-5-3-16(4-6-17)27(10-8-22)11-9-23/h2-7,12-13,26H,8-11H2,1H3,(H,29,30). The number of anilines is 3. The van der Waals surface area contributed by atoms with E-state index >= 15 is 0 Å². The monoisotopic (exact) mass is 466 g/mol. The number of nitrogens with one attached hydrogen (secondary N) is 1. The van der Waals surface area contributed by atoms with Crippen LogP contribution in [-0.4, -0.2) is 41.0 Å². The van der Waals surface area contributed by atoms with Crippen LogP contribution < -0.4 is 15.3 Å². The molecular formula is C21H21Cl3N4O2. The highest BCUT2D eigenvalue weighted by atomic mass is 35.5. The lowest BCUT2D eigenvalue weighted by Crippen LogP contribution is -2.38. The van der Waals surface area contributed by atoms with Crippen LogP contribution in [0.25, 0.3) is 10.9 Å². The van der Waals surface area contributed by atoms with Crippen molar-refractivity contribution in [3.8, 4) is 0 Å². The lowest BCUT2D eigenvalue weighted by atomic mass is 10.1. The molecule has 0 aliphatic heterocycles. The molecule has 0 aliphatic carbocycles. The van der Waals surface area contributed by atoms with Gasteiger partial charge in [-0.05, 0) is 55.5 Å². The number of pyridine rings is 1. The van der Waals surface area contributed by atoms with Crippen LogP contribution in [-0.2, 0) is 0 Å². The number of carbonyl (C=O) groups is 1. The average molecular weight is 468 g/mol. The fourth-order valence-electron chi connectivity index (χ4n) is 3.24. The Balaban J connectivity index is 2.06. The van der Waals surface area contributed by atoms with Crippen LogP contribution in [0.2, 0.25) is 5.02 Å². The number of rotatable bonds is 8. The molecule has 2 aromatic carbocycles. The van der Waals surface area contributed by atoms with E-state index in [0.717, 1.165) is 16.8 Å². The number of hydrazine groups is 1. The molecule has 3 aromatic rings. The number of amides is 1. The molecule has 30 heavy (non-hydrogen) atoms. The van der Waals surface area contributed by atoms with E-state index in [1.807, 2.05) is 43.3 Å². The van der Waals surface area contributed by atoms with Gasteiger partial charge in [0.2, 0.25) is 0 Å². The Labute approximate surface area is 189 Å². The molecule has 0 aliphatic rings. The number of aryl methyl sites for hydroxylation is 1. The Hall–Kier alpha value is -2.41. The lowest BCUT2D eigenvalue weighted by molar-refractivity contribution is 0.194. The summed E-state index contributed by atoms with van der Waals surface area (Å²) in [5.74, 6) is 0.965. The summed E-state index contributed by atoms with van der Waals surface area (Å²) in [5, 5.41) is 12.3. The summed E-state index contributed by atoms with van der Waals surface area (Å²) in [6.07, 6.45) is -1.18. The van der Waals surface area contributed by atoms with Gasteiger partial charge in [0.25, 0.3) is 0 Å². The van der Waals surface area contributed by atoms with Crippen molar-refractivity contribution < 1.29 is 9.90 Å². The molecule has 3 rings (SSSR count). The van der Waals surface area contributed by atoms with E-state index in [4.69, 9.17) is 34.8 Å². The van der Waals surface area contributed by atoms with Crippen LogP contribution in [0.4, 0.5) is 21.9 Å². The van der Waals surface area contributed by atoms with E-state index in [1.54, 1.807) is 12.1 Å². The number of alkyl halides is 2. The molecule has 0 spiro atoms. The summed E-state index contributed by atoms with van der Waals surface area (Å²) in [6, 6.07) is 14.7. The number of aromatic nitrogens is 1. The first-order chi connectivity index (χ1) is 14.4. The van der Waals surface area contributed by atoms with Crippen LogP contribution >= 0.6 is 34.8 Å². The second-order valence-corrected chi connectivity index (χ2v) is 7.77. The van der Waals surface area contributed by atoms with E-state index in [-0.39, 0.29) is 0 Å². The number of nitrogens with zero attached hydrogens (tertiary/aromatic N) is 3. The summed E-state index contributed by atoms with van der Waals surface area (Å²) in [5.41, 5.74) is 6.16. The third-order valence-corrected chi connectivity index (χ3v) is 5.08. The van der Waals surface area contributed by atoms with Crippen molar-refractivity contribution in [1.29, 1.82) is 0 Å². The van der Waals surface area contributed by atoms with E-state index in [9.17, 15) is 9.90 Å². The van der Waals surface area contributed by atoms with Gasteiger partial charge in [0.05, 0.1) is 16.9 Å². The number of hydrogen-bond donors (Lipinski definition) is 2. The van der Waals surface area contributed by atoms with Gasteiger partial charge in [0.1, 0.15) is 0 Å².